The summed E-state index contributed by atoms with van der Waals surface area (Å²) in [4.78, 5) is 4.16. The van der Waals surface area contributed by atoms with E-state index in [1.807, 2.05) is 31.6 Å². The van der Waals surface area contributed by atoms with Crippen LogP contribution in [0.2, 0.25) is 0 Å². The second kappa shape index (κ2) is 6.48. The number of hydrogen-bond donors (Lipinski definition) is 1. The van der Waals surface area contributed by atoms with Crippen LogP contribution in [-0.4, -0.2) is 9.55 Å². The fraction of sp³-hybridized carbons (Fsp3) is 0.400. The molecule has 0 bridgehead atoms. The third kappa shape index (κ3) is 3.41. The average Bonchev–Trinajstić information content (AvgIpc) is 2.84. The number of rotatable bonds is 6. The van der Waals surface area contributed by atoms with E-state index in [0.29, 0.717) is 12.1 Å². The van der Waals surface area contributed by atoms with Gasteiger partial charge in [-0.1, -0.05) is 25.1 Å². The molecule has 1 atom stereocenters. The molecule has 0 saturated heterocycles. The van der Waals surface area contributed by atoms with Crippen LogP contribution >= 0.6 is 0 Å². The maximum atomic E-state index is 13.6. The molecule has 0 spiro atoms. The van der Waals surface area contributed by atoms with Crippen LogP contribution in [0.5, 0.6) is 0 Å². The summed E-state index contributed by atoms with van der Waals surface area (Å²) < 4.78 is 15.8. The number of imidazole rings is 1. The first kappa shape index (κ1) is 13.7. The summed E-state index contributed by atoms with van der Waals surface area (Å²) in [5.74, 6) is -0.162. The van der Waals surface area contributed by atoms with Crippen LogP contribution in [0.4, 0.5) is 4.39 Å². The zero-order chi connectivity index (χ0) is 13.7. The van der Waals surface area contributed by atoms with Gasteiger partial charge in [0.2, 0.25) is 0 Å². The number of nitrogens with zero attached hydrogens (tertiary/aromatic N) is 2. The van der Waals surface area contributed by atoms with Crippen LogP contribution in [-0.2, 0) is 13.1 Å². The van der Waals surface area contributed by atoms with E-state index >= 15 is 0 Å². The van der Waals surface area contributed by atoms with Crippen molar-refractivity contribution in [2.45, 2.75) is 39.4 Å². The van der Waals surface area contributed by atoms with Crippen molar-refractivity contribution in [3.63, 3.8) is 0 Å². The van der Waals surface area contributed by atoms with Crippen LogP contribution in [0.1, 0.15) is 37.6 Å². The van der Waals surface area contributed by atoms with Gasteiger partial charge in [-0.15, -0.1) is 0 Å². The summed E-state index contributed by atoms with van der Waals surface area (Å²) in [6, 6.07) is 6.86. The molecular weight excluding hydrogens is 241 g/mol. The molecule has 0 saturated carbocycles. The molecule has 1 aromatic carbocycles. The maximum Gasteiger partial charge on any atom is 0.127 e. The monoisotopic (exact) mass is 261 g/mol. The highest BCUT2D eigenvalue weighted by molar-refractivity contribution is 5.20. The Morgan fingerprint density at radius 2 is 2.16 bits per heavy atom. The van der Waals surface area contributed by atoms with E-state index in [-0.39, 0.29) is 11.9 Å². The molecule has 0 fully saturated rings. The van der Waals surface area contributed by atoms with Crippen LogP contribution in [0.15, 0.2) is 36.8 Å². The van der Waals surface area contributed by atoms with Gasteiger partial charge in [-0.25, -0.2) is 9.37 Å². The van der Waals surface area contributed by atoms with Crippen molar-refractivity contribution in [1.29, 1.82) is 0 Å². The Morgan fingerprint density at radius 3 is 2.89 bits per heavy atom. The molecular formula is C15H20FN3. The lowest BCUT2D eigenvalue weighted by Crippen LogP contribution is -2.20. The summed E-state index contributed by atoms with van der Waals surface area (Å²) >= 11 is 0. The molecule has 19 heavy (non-hydrogen) atoms. The SMILES string of the molecule is CCCn1cncc1CNC(C)c1ccccc1F. The third-order valence-corrected chi connectivity index (χ3v) is 3.22. The summed E-state index contributed by atoms with van der Waals surface area (Å²) in [6.07, 6.45) is 4.78. The standard InChI is InChI=1S/C15H20FN3/c1-3-8-19-11-17-9-13(19)10-18-12(2)14-6-4-5-7-15(14)16/h4-7,9,11-12,18H,3,8,10H2,1-2H3. The van der Waals surface area contributed by atoms with Gasteiger partial charge in [-0.2, -0.15) is 0 Å². The van der Waals surface area contributed by atoms with Crippen molar-refractivity contribution < 1.29 is 4.39 Å². The van der Waals surface area contributed by atoms with Gasteiger partial charge in [0, 0.05) is 30.9 Å². The molecule has 2 aromatic rings. The zero-order valence-corrected chi connectivity index (χ0v) is 11.4. The molecule has 2 rings (SSSR count). The van der Waals surface area contributed by atoms with Crippen molar-refractivity contribution in [3.8, 4) is 0 Å². The third-order valence-electron chi connectivity index (χ3n) is 3.22. The minimum absolute atomic E-state index is 0.0221. The number of hydrogen-bond acceptors (Lipinski definition) is 2. The van der Waals surface area contributed by atoms with Gasteiger partial charge in [-0.3, -0.25) is 0 Å². The highest BCUT2D eigenvalue weighted by Gasteiger charge is 2.10. The summed E-state index contributed by atoms with van der Waals surface area (Å²) in [6.45, 7) is 5.76. The molecule has 102 valence electrons. The molecule has 0 radical (unpaired) electrons. The molecule has 1 N–H and O–H groups in total. The zero-order valence-electron chi connectivity index (χ0n) is 11.4. The minimum atomic E-state index is -0.162. The average molecular weight is 261 g/mol. The number of halogens is 1. The first-order chi connectivity index (χ1) is 9.22. The van der Waals surface area contributed by atoms with Crippen LogP contribution in [0.3, 0.4) is 0 Å². The van der Waals surface area contributed by atoms with Crippen molar-refractivity contribution >= 4 is 0 Å². The minimum Gasteiger partial charge on any atom is -0.333 e. The van der Waals surface area contributed by atoms with Crippen molar-refractivity contribution in [1.82, 2.24) is 14.9 Å². The Kier molecular flexibility index (Phi) is 4.68. The van der Waals surface area contributed by atoms with Gasteiger partial charge >= 0.3 is 0 Å². The first-order valence-electron chi connectivity index (χ1n) is 6.69. The number of aromatic nitrogens is 2. The number of aryl methyl sites for hydroxylation is 1. The van der Waals surface area contributed by atoms with E-state index in [9.17, 15) is 4.39 Å². The van der Waals surface area contributed by atoms with E-state index < -0.39 is 0 Å². The topological polar surface area (TPSA) is 29.9 Å². The van der Waals surface area contributed by atoms with Crippen LogP contribution < -0.4 is 5.32 Å². The van der Waals surface area contributed by atoms with Gasteiger partial charge in [0.15, 0.2) is 0 Å². The fourth-order valence-electron chi connectivity index (χ4n) is 2.13. The van der Waals surface area contributed by atoms with E-state index in [4.69, 9.17) is 0 Å². The van der Waals surface area contributed by atoms with Gasteiger partial charge in [0.05, 0.1) is 12.0 Å². The van der Waals surface area contributed by atoms with Crippen molar-refractivity contribution in [3.05, 3.63) is 53.9 Å². The predicted octanol–water partition coefficient (Wildman–Crippen LogP) is 3.28. The Balaban J connectivity index is 1.98. The molecule has 0 aliphatic heterocycles. The molecule has 0 amide bonds. The second-order valence-electron chi connectivity index (χ2n) is 4.70. The lowest BCUT2D eigenvalue weighted by atomic mass is 10.1. The summed E-state index contributed by atoms with van der Waals surface area (Å²) in [5.41, 5.74) is 1.83. The predicted molar refractivity (Wildman–Crippen MR) is 74.2 cm³/mol. The highest BCUT2D eigenvalue weighted by atomic mass is 19.1. The molecule has 0 aliphatic rings. The van der Waals surface area contributed by atoms with Gasteiger partial charge in [0.1, 0.15) is 5.82 Å². The van der Waals surface area contributed by atoms with Gasteiger partial charge in [-0.05, 0) is 19.4 Å². The Bertz CT molecular complexity index is 522. The first-order valence-corrected chi connectivity index (χ1v) is 6.69. The lowest BCUT2D eigenvalue weighted by Gasteiger charge is -2.15. The number of benzene rings is 1. The number of nitrogens with one attached hydrogen (secondary N) is 1. The molecule has 1 aromatic heterocycles. The maximum absolute atomic E-state index is 13.6. The van der Waals surface area contributed by atoms with Crippen LogP contribution in [0, 0.1) is 5.82 Å². The molecule has 4 heteroatoms. The van der Waals surface area contributed by atoms with E-state index in [0.717, 1.165) is 18.7 Å². The molecule has 1 unspecified atom stereocenters. The fourth-order valence-corrected chi connectivity index (χ4v) is 2.13. The summed E-state index contributed by atoms with van der Waals surface area (Å²) in [5, 5.41) is 3.34. The van der Waals surface area contributed by atoms with Crippen LogP contribution in [0.25, 0.3) is 0 Å². The van der Waals surface area contributed by atoms with E-state index in [1.165, 1.54) is 6.07 Å². The van der Waals surface area contributed by atoms with Crippen molar-refractivity contribution in [2.24, 2.45) is 0 Å². The Morgan fingerprint density at radius 1 is 1.37 bits per heavy atom. The van der Waals surface area contributed by atoms with Gasteiger partial charge in [0.25, 0.3) is 0 Å². The lowest BCUT2D eigenvalue weighted by molar-refractivity contribution is 0.512. The highest BCUT2D eigenvalue weighted by Crippen LogP contribution is 2.16. The quantitative estimate of drug-likeness (QED) is 0.864. The normalized spacial score (nSPS) is 12.6. The van der Waals surface area contributed by atoms with Gasteiger partial charge < -0.3 is 9.88 Å². The largest absolute Gasteiger partial charge is 0.333 e. The molecule has 1 heterocycles. The second-order valence-corrected chi connectivity index (χ2v) is 4.70. The van der Waals surface area contributed by atoms with E-state index in [1.54, 1.807) is 6.07 Å². The molecule has 0 aliphatic carbocycles. The Hall–Kier alpha value is -1.68. The van der Waals surface area contributed by atoms with Crippen molar-refractivity contribution in [2.75, 3.05) is 0 Å². The molecule has 3 nitrogen and oxygen atoms in total. The smallest absolute Gasteiger partial charge is 0.127 e. The Labute approximate surface area is 113 Å². The van der Waals surface area contributed by atoms with E-state index in [2.05, 4.69) is 21.8 Å². The summed E-state index contributed by atoms with van der Waals surface area (Å²) in [7, 11) is 0.